The van der Waals surface area contributed by atoms with Gasteiger partial charge in [0.1, 0.15) is 0 Å². The minimum absolute atomic E-state index is 0.161. The van der Waals surface area contributed by atoms with Crippen molar-refractivity contribution in [2.24, 2.45) is 23.5 Å². The van der Waals surface area contributed by atoms with E-state index in [9.17, 15) is 0 Å². The van der Waals surface area contributed by atoms with E-state index in [0.717, 1.165) is 23.9 Å². The third-order valence-electron chi connectivity index (χ3n) is 7.25. The molecule has 27 heavy (non-hydrogen) atoms. The van der Waals surface area contributed by atoms with Crippen LogP contribution in [0.1, 0.15) is 70.6 Å². The maximum Gasteiger partial charge on any atom is 0.0412 e. The fraction of sp³-hybridized carbons (Fsp3) is 0.600. The van der Waals surface area contributed by atoms with Crippen LogP contribution in [0.4, 0.5) is 5.69 Å². The van der Waals surface area contributed by atoms with Gasteiger partial charge < -0.3 is 11.1 Å². The van der Waals surface area contributed by atoms with E-state index in [0.29, 0.717) is 5.92 Å². The lowest BCUT2D eigenvalue weighted by Crippen LogP contribution is -2.52. The zero-order valence-corrected chi connectivity index (χ0v) is 16.7. The second-order valence-corrected chi connectivity index (χ2v) is 9.12. The van der Waals surface area contributed by atoms with Crippen molar-refractivity contribution >= 4 is 5.69 Å². The first-order valence-corrected chi connectivity index (χ1v) is 11.2. The molecular formula is C25H36N2. The Morgan fingerprint density at radius 3 is 1.96 bits per heavy atom. The number of anilines is 1. The van der Waals surface area contributed by atoms with Gasteiger partial charge >= 0.3 is 0 Å². The number of nitrogens with two attached hydrogens (primary N) is 1. The summed E-state index contributed by atoms with van der Waals surface area (Å²) in [5, 5.41) is 3.54. The van der Waals surface area contributed by atoms with Crippen LogP contribution in [-0.4, -0.2) is 5.54 Å². The number of hydrogen-bond donors (Lipinski definition) is 2. The molecule has 2 nitrogen and oxygen atoms in total. The van der Waals surface area contributed by atoms with Gasteiger partial charge in [-0.3, -0.25) is 0 Å². The molecule has 0 spiro atoms. The van der Waals surface area contributed by atoms with Crippen molar-refractivity contribution < 1.29 is 0 Å². The van der Waals surface area contributed by atoms with Crippen molar-refractivity contribution in [3.05, 3.63) is 54.3 Å². The van der Waals surface area contributed by atoms with E-state index >= 15 is 0 Å². The van der Waals surface area contributed by atoms with E-state index in [1.54, 1.807) is 0 Å². The lowest BCUT2D eigenvalue weighted by atomic mass is 9.60. The molecule has 0 aliphatic heterocycles. The maximum absolute atomic E-state index is 7.16. The zero-order valence-electron chi connectivity index (χ0n) is 16.7. The topological polar surface area (TPSA) is 38.0 Å². The third-order valence-corrected chi connectivity index (χ3v) is 7.25. The highest BCUT2D eigenvalue weighted by Gasteiger charge is 2.43. The van der Waals surface area contributed by atoms with Crippen molar-refractivity contribution in [3.63, 3.8) is 0 Å². The van der Waals surface area contributed by atoms with Gasteiger partial charge in [-0.05, 0) is 42.4 Å². The highest BCUT2D eigenvalue weighted by Crippen LogP contribution is 2.46. The van der Waals surface area contributed by atoms with E-state index in [1.807, 2.05) is 0 Å². The molecule has 2 fully saturated rings. The van der Waals surface area contributed by atoms with Crippen molar-refractivity contribution in [3.8, 4) is 0 Å². The van der Waals surface area contributed by atoms with E-state index in [1.165, 1.54) is 69.9 Å². The highest BCUT2D eigenvalue weighted by atomic mass is 14.9. The van der Waals surface area contributed by atoms with Gasteiger partial charge in [-0.25, -0.2) is 0 Å². The van der Waals surface area contributed by atoms with Gasteiger partial charge in [0.15, 0.2) is 0 Å². The van der Waals surface area contributed by atoms with Crippen molar-refractivity contribution in [2.75, 3.05) is 5.32 Å². The Morgan fingerprint density at radius 2 is 1.44 bits per heavy atom. The summed E-state index contributed by atoms with van der Waals surface area (Å²) >= 11 is 0. The van der Waals surface area contributed by atoms with E-state index < -0.39 is 0 Å². The zero-order chi connectivity index (χ0) is 18.5. The molecule has 0 radical (unpaired) electrons. The first kappa shape index (κ1) is 18.8. The second kappa shape index (κ2) is 8.65. The smallest absolute Gasteiger partial charge is 0.0412 e. The molecule has 1 atom stereocenters. The van der Waals surface area contributed by atoms with Gasteiger partial charge in [0.25, 0.3) is 0 Å². The summed E-state index contributed by atoms with van der Waals surface area (Å²) in [5.74, 6) is 2.31. The monoisotopic (exact) mass is 364 g/mol. The van der Waals surface area contributed by atoms with Gasteiger partial charge in [-0.2, -0.15) is 0 Å². The van der Waals surface area contributed by atoms with E-state index in [4.69, 9.17) is 5.73 Å². The standard InChI is InChI=1S/C25H36N2/c26-25(18-16-23(17-19-25)27-22-14-8-3-9-15-22)24(20-10-4-1-5-11-20)21-12-6-2-7-13-21/h3,8-9,14-18,20-21,24,27H,1-2,4-7,10-13,19,26H2. The summed E-state index contributed by atoms with van der Waals surface area (Å²) in [4.78, 5) is 0. The summed E-state index contributed by atoms with van der Waals surface area (Å²) in [6, 6.07) is 10.4. The van der Waals surface area contributed by atoms with Gasteiger partial charge in [-0.15, -0.1) is 0 Å². The largest absolute Gasteiger partial charge is 0.356 e. The Hall–Kier alpha value is -1.54. The highest BCUT2D eigenvalue weighted by molar-refractivity contribution is 5.51. The van der Waals surface area contributed by atoms with Crippen molar-refractivity contribution in [2.45, 2.75) is 76.2 Å². The molecule has 1 aromatic carbocycles. The third kappa shape index (κ3) is 4.48. The Labute approximate surface area is 165 Å². The molecule has 146 valence electrons. The van der Waals surface area contributed by atoms with Crippen LogP contribution in [0.2, 0.25) is 0 Å². The van der Waals surface area contributed by atoms with Crippen LogP contribution in [-0.2, 0) is 0 Å². The lowest BCUT2D eigenvalue weighted by Gasteiger charge is -2.47. The first-order valence-electron chi connectivity index (χ1n) is 11.2. The van der Waals surface area contributed by atoms with Crippen LogP contribution in [0.3, 0.4) is 0 Å². The van der Waals surface area contributed by atoms with Crippen molar-refractivity contribution in [1.29, 1.82) is 0 Å². The molecule has 0 saturated heterocycles. The average molecular weight is 365 g/mol. The minimum atomic E-state index is -0.161. The first-order chi connectivity index (χ1) is 13.2. The van der Waals surface area contributed by atoms with E-state index in [-0.39, 0.29) is 5.54 Å². The molecule has 3 aliphatic rings. The molecule has 0 amide bonds. The minimum Gasteiger partial charge on any atom is -0.356 e. The number of hydrogen-bond acceptors (Lipinski definition) is 2. The Kier molecular flexibility index (Phi) is 6.02. The van der Waals surface area contributed by atoms with Gasteiger partial charge in [-0.1, -0.05) is 94.6 Å². The Morgan fingerprint density at radius 1 is 0.852 bits per heavy atom. The molecule has 4 rings (SSSR count). The fourth-order valence-corrected chi connectivity index (χ4v) is 5.94. The predicted octanol–water partition coefficient (Wildman–Crippen LogP) is 6.42. The molecular weight excluding hydrogens is 328 g/mol. The van der Waals surface area contributed by atoms with Gasteiger partial charge in [0.05, 0.1) is 0 Å². The Bertz CT molecular complexity index is 632. The summed E-state index contributed by atoms with van der Waals surface area (Å²) < 4.78 is 0. The van der Waals surface area contributed by atoms with Crippen LogP contribution in [0.5, 0.6) is 0 Å². The maximum atomic E-state index is 7.16. The molecule has 2 heteroatoms. The molecule has 0 heterocycles. The van der Waals surface area contributed by atoms with Crippen LogP contribution in [0, 0.1) is 17.8 Å². The van der Waals surface area contributed by atoms with Crippen LogP contribution in [0.15, 0.2) is 54.3 Å². The summed E-state index contributed by atoms with van der Waals surface area (Å²) in [5.41, 5.74) is 9.34. The molecule has 2 saturated carbocycles. The number of nitrogens with one attached hydrogen (secondary N) is 1. The molecule has 1 aromatic rings. The second-order valence-electron chi connectivity index (χ2n) is 9.12. The van der Waals surface area contributed by atoms with Gasteiger partial charge in [0, 0.05) is 16.9 Å². The van der Waals surface area contributed by atoms with Crippen molar-refractivity contribution in [1.82, 2.24) is 0 Å². The quantitative estimate of drug-likeness (QED) is 0.633. The summed E-state index contributed by atoms with van der Waals surface area (Å²) in [7, 11) is 0. The number of rotatable bonds is 5. The predicted molar refractivity (Wildman–Crippen MR) is 115 cm³/mol. The normalized spacial score (nSPS) is 27.6. The number of benzene rings is 1. The van der Waals surface area contributed by atoms with Crippen LogP contribution >= 0.6 is 0 Å². The lowest BCUT2D eigenvalue weighted by molar-refractivity contribution is 0.0885. The van der Waals surface area contributed by atoms with Gasteiger partial charge in [0.2, 0.25) is 0 Å². The molecule has 3 aliphatic carbocycles. The molecule has 1 unspecified atom stereocenters. The summed E-state index contributed by atoms with van der Waals surface area (Å²) in [6.45, 7) is 0. The SMILES string of the molecule is NC1(C(C2CCCCC2)C2CCCCC2)C=CC(Nc2ccccc2)=CC1. The fourth-order valence-electron chi connectivity index (χ4n) is 5.94. The van der Waals surface area contributed by atoms with Crippen LogP contribution in [0.25, 0.3) is 0 Å². The van der Waals surface area contributed by atoms with E-state index in [2.05, 4.69) is 53.9 Å². The number of allylic oxidation sites excluding steroid dienone is 1. The average Bonchev–Trinajstić information content (AvgIpc) is 2.72. The molecule has 3 N–H and O–H groups in total. The van der Waals surface area contributed by atoms with Crippen LogP contribution < -0.4 is 11.1 Å². The summed E-state index contributed by atoms with van der Waals surface area (Å²) in [6.07, 6.45) is 22.0. The Balaban J connectivity index is 1.50. The number of para-hydroxylation sites is 1. The molecule has 0 bridgehead atoms. The molecule has 0 aromatic heterocycles.